The van der Waals surface area contributed by atoms with Gasteiger partial charge in [0, 0.05) is 24.0 Å². The third-order valence-corrected chi connectivity index (χ3v) is 3.86. The molecule has 1 saturated heterocycles. The standard InChI is InChI=1S/C16H19BrN2O5/c1-11(15(21)19-8-7-18-16(19)22)24-14(20)6-3-9-23-13-5-2-4-12(17)10-13/h2,4-5,10-11H,3,6-9H2,1H3,(H,18,22)/t11-/m0/s1. The number of imide groups is 1. The molecule has 0 radical (unpaired) electrons. The number of carbonyl (C=O) groups excluding carboxylic acids is 3. The number of hydrogen-bond donors (Lipinski definition) is 1. The molecule has 1 fully saturated rings. The predicted molar refractivity (Wildman–Crippen MR) is 89.5 cm³/mol. The molecule has 1 aliphatic heterocycles. The fourth-order valence-electron chi connectivity index (χ4n) is 2.17. The first-order valence-electron chi connectivity index (χ1n) is 7.64. The third-order valence-electron chi connectivity index (χ3n) is 3.37. The molecule has 8 heteroatoms. The van der Waals surface area contributed by atoms with E-state index >= 15 is 0 Å². The number of esters is 1. The lowest BCUT2D eigenvalue weighted by atomic mass is 10.3. The van der Waals surface area contributed by atoms with Crippen molar-refractivity contribution < 1.29 is 23.9 Å². The van der Waals surface area contributed by atoms with Crippen molar-refractivity contribution in [2.75, 3.05) is 19.7 Å². The van der Waals surface area contributed by atoms with Crippen LogP contribution in [-0.2, 0) is 14.3 Å². The van der Waals surface area contributed by atoms with Gasteiger partial charge in [-0.25, -0.2) is 4.79 Å². The molecule has 1 aliphatic rings. The summed E-state index contributed by atoms with van der Waals surface area (Å²) >= 11 is 3.35. The quantitative estimate of drug-likeness (QED) is 0.561. The molecular formula is C16H19BrN2O5. The molecule has 130 valence electrons. The van der Waals surface area contributed by atoms with Gasteiger partial charge in [0.15, 0.2) is 6.10 Å². The molecule has 2 rings (SSSR count). The largest absolute Gasteiger partial charge is 0.494 e. The smallest absolute Gasteiger partial charge is 0.324 e. The highest BCUT2D eigenvalue weighted by Gasteiger charge is 2.31. The number of nitrogens with one attached hydrogen (secondary N) is 1. The fraction of sp³-hybridized carbons (Fsp3) is 0.438. The van der Waals surface area contributed by atoms with E-state index in [1.807, 2.05) is 24.3 Å². The molecule has 1 N–H and O–H groups in total. The van der Waals surface area contributed by atoms with E-state index in [-0.39, 0.29) is 6.42 Å². The number of ether oxygens (including phenoxy) is 2. The topological polar surface area (TPSA) is 84.9 Å². The average molecular weight is 399 g/mol. The van der Waals surface area contributed by atoms with Crippen LogP contribution in [0.1, 0.15) is 19.8 Å². The highest BCUT2D eigenvalue weighted by atomic mass is 79.9. The number of urea groups is 1. The lowest BCUT2D eigenvalue weighted by Crippen LogP contribution is -2.41. The molecule has 1 heterocycles. The SMILES string of the molecule is C[C@H](OC(=O)CCCOc1cccc(Br)c1)C(=O)N1CCNC1=O. The Morgan fingerprint density at radius 3 is 2.88 bits per heavy atom. The molecular weight excluding hydrogens is 380 g/mol. The van der Waals surface area contributed by atoms with Crippen molar-refractivity contribution in [3.05, 3.63) is 28.7 Å². The lowest BCUT2D eigenvalue weighted by molar-refractivity contribution is -0.157. The van der Waals surface area contributed by atoms with Gasteiger partial charge in [0.05, 0.1) is 6.61 Å². The van der Waals surface area contributed by atoms with E-state index < -0.39 is 24.0 Å². The van der Waals surface area contributed by atoms with Crippen molar-refractivity contribution in [1.29, 1.82) is 0 Å². The molecule has 3 amide bonds. The molecule has 1 aromatic rings. The van der Waals surface area contributed by atoms with Crippen LogP contribution < -0.4 is 10.1 Å². The van der Waals surface area contributed by atoms with Crippen molar-refractivity contribution >= 4 is 33.8 Å². The van der Waals surface area contributed by atoms with E-state index in [1.54, 1.807) is 0 Å². The molecule has 0 spiro atoms. The van der Waals surface area contributed by atoms with Gasteiger partial charge in [-0.1, -0.05) is 22.0 Å². The maximum Gasteiger partial charge on any atom is 0.324 e. The Morgan fingerprint density at radius 1 is 1.42 bits per heavy atom. The Kier molecular flexibility index (Phi) is 6.60. The summed E-state index contributed by atoms with van der Waals surface area (Å²) in [6.07, 6.45) is -0.374. The van der Waals surface area contributed by atoms with Crippen molar-refractivity contribution in [2.45, 2.75) is 25.9 Å². The van der Waals surface area contributed by atoms with E-state index in [4.69, 9.17) is 9.47 Å². The Morgan fingerprint density at radius 2 is 2.21 bits per heavy atom. The molecule has 0 saturated carbocycles. The molecule has 0 aliphatic carbocycles. The molecule has 0 bridgehead atoms. The van der Waals surface area contributed by atoms with Crippen molar-refractivity contribution in [2.24, 2.45) is 0 Å². The zero-order chi connectivity index (χ0) is 17.5. The number of benzene rings is 1. The van der Waals surface area contributed by atoms with E-state index in [9.17, 15) is 14.4 Å². The van der Waals surface area contributed by atoms with Crippen LogP contribution in [-0.4, -0.2) is 48.6 Å². The summed E-state index contributed by atoms with van der Waals surface area (Å²) in [4.78, 5) is 36.2. The van der Waals surface area contributed by atoms with Gasteiger partial charge in [-0.15, -0.1) is 0 Å². The predicted octanol–water partition coefficient (Wildman–Crippen LogP) is 2.09. The molecule has 24 heavy (non-hydrogen) atoms. The number of nitrogens with zero attached hydrogens (tertiary/aromatic N) is 1. The van der Waals surface area contributed by atoms with Gasteiger partial charge in [-0.3, -0.25) is 14.5 Å². The van der Waals surface area contributed by atoms with Crippen molar-refractivity contribution in [3.8, 4) is 5.75 Å². The van der Waals surface area contributed by atoms with Gasteiger partial charge >= 0.3 is 12.0 Å². The van der Waals surface area contributed by atoms with Crippen LogP contribution in [0.2, 0.25) is 0 Å². The normalized spacial score (nSPS) is 14.9. The molecule has 7 nitrogen and oxygen atoms in total. The Bertz CT molecular complexity index is 622. The van der Waals surface area contributed by atoms with Gasteiger partial charge in [0.25, 0.3) is 5.91 Å². The summed E-state index contributed by atoms with van der Waals surface area (Å²) in [5, 5.41) is 2.53. The minimum absolute atomic E-state index is 0.137. The van der Waals surface area contributed by atoms with E-state index in [0.29, 0.717) is 31.9 Å². The second-order valence-electron chi connectivity index (χ2n) is 5.26. The molecule has 0 unspecified atom stereocenters. The van der Waals surface area contributed by atoms with Crippen LogP contribution >= 0.6 is 15.9 Å². The summed E-state index contributed by atoms with van der Waals surface area (Å²) in [5.74, 6) is -0.293. The fourth-order valence-corrected chi connectivity index (χ4v) is 2.55. The molecule has 1 aromatic carbocycles. The second-order valence-corrected chi connectivity index (χ2v) is 6.18. The molecule has 1 atom stereocenters. The van der Waals surface area contributed by atoms with E-state index in [1.165, 1.54) is 6.92 Å². The first-order chi connectivity index (χ1) is 11.5. The monoisotopic (exact) mass is 398 g/mol. The minimum atomic E-state index is -0.979. The minimum Gasteiger partial charge on any atom is -0.494 e. The number of carbonyl (C=O) groups is 3. The second kappa shape index (κ2) is 8.68. The van der Waals surface area contributed by atoms with Crippen LogP contribution in [0.5, 0.6) is 5.75 Å². The first-order valence-corrected chi connectivity index (χ1v) is 8.43. The Hall–Kier alpha value is -2.09. The Labute approximate surface area is 148 Å². The van der Waals surface area contributed by atoms with Crippen LogP contribution in [0.3, 0.4) is 0 Å². The summed E-state index contributed by atoms with van der Waals surface area (Å²) in [7, 11) is 0. The van der Waals surface area contributed by atoms with Crippen LogP contribution in [0, 0.1) is 0 Å². The van der Waals surface area contributed by atoms with Crippen molar-refractivity contribution in [3.63, 3.8) is 0 Å². The maximum absolute atomic E-state index is 12.0. The summed E-state index contributed by atoms with van der Waals surface area (Å²) in [5.41, 5.74) is 0. The van der Waals surface area contributed by atoms with Gasteiger partial charge in [0.2, 0.25) is 0 Å². The number of rotatable bonds is 7. The zero-order valence-corrected chi connectivity index (χ0v) is 14.9. The van der Waals surface area contributed by atoms with Gasteiger partial charge in [0.1, 0.15) is 5.75 Å². The highest BCUT2D eigenvalue weighted by molar-refractivity contribution is 9.10. The van der Waals surface area contributed by atoms with Gasteiger partial charge < -0.3 is 14.8 Å². The first kappa shape index (κ1) is 18.3. The summed E-state index contributed by atoms with van der Waals surface area (Å²) in [6, 6.07) is 6.95. The average Bonchev–Trinajstić information content (AvgIpc) is 2.97. The zero-order valence-electron chi connectivity index (χ0n) is 13.3. The summed E-state index contributed by atoms with van der Waals surface area (Å²) in [6.45, 7) is 2.53. The van der Waals surface area contributed by atoms with E-state index in [0.717, 1.165) is 9.37 Å². The number of amides is 3. The maximum atomic E-state index is 12.0. The van der Waals surface area contributed by atoms with Gasteiger partial charge in [-0.2, -0.15) is 0 Å². The van der Waals surface area contributed by atoms with Crippen molar-refractivity contribution in [1.82, 2.24) is 10.2 Å². The summed E-state index contributed by atoms with van der Waals surface area (Å²) < 4.78 is 11.5. The highest BCUT2D eigenvalue weighted by Crippen LogP contribution is 2.18. The third kappa shape index (κ3) is 5.23. The van der Waals surface area contributed by atoms with Gasteiger partial charge in [-0.05, 0) is 31.5 Å². The lowest BCUT2D eigenvalue weighted by Gasteiger charge is -2.18. The van der Waals surface area contributed by atoms with E-state index in [2.05, 4.69) is 21.2 Å². The number of hydrogen-bond acceptors (Lipinski definition) is 5. The van der Waals surface area contributed by atoms with Crippen LogP contribution in [0.4, 0.5) is 4.79 Å². The number of halogens is 1. The molecule has 0 aromatic heterocycles. The van der Waals surface area contributed by atoms with Crippen LogP contribution in [0.15, 0.2) is 28.7 Å². The Balaban J connectivity index is 1.67. The van der Waals surface area contributed by atoms with Crippen LogP contribution in [0.25, 0.3) is 0 Å².